The first-order valence-electron chi connectivity index (χ1n) is 9.09. The van der Waals surface area contributed by atoms with E-state index >= 15 is 4.39 Å². The quantitative estimate of drug-likeness (QED) is 0.498. The number of thiazole rings is 1. The molecule has 2 N–H and O–H groups in total. The highest BCUT2D eigenvalue weighted by molar-refractivity contribution is 7.22. The molecule has 0 unspecified atom stereocenters. The third kappa shape index (κ3) is 3.79. The number of carbonyl (C=O) groups is 1. The van der Waals surface area contributed by atoms with Crippen LogP contribution in [-0.2, 0) is 0 Å². The maximum atomic E-state index is 15.4. The molecule has 0 fully saturated rings. The number of urea groups is 1. The molecule has 8 heteroatoms. The number of aromatic nitrogens is 3. The second kappa shape index (κ2) is 7.92. The number of halogens is 1. The van der Waals surface area contributed by atoms with Crippen LogP contribution in [0.25, 0.3) is 32.6 Å². The van der Waals surface area contributed by atoms with E-state index in [1.54, 1.807) is 18.5 Å². The Bertz CT molecular complexity index is 1180. The van der Waals surface area contributed by atoms with E-state index in [2.05, 4.69) is 25.6 Å². The van der Waals surface area contributed by atoms with Crippen LogP contribution in [0.5, 0.6) is 0 Å². The number of pyridine rings is 2. The molecule has 29 heavy (non-hydrogen) atoms. The van der Waals surface area contributed by atoms with Crippen molar-refractivity contribution in [1.29, 1.82) is 0 Å². The number of fused-ring (bicyclic) bond motifs is 1. The zero-order valence-electron chi connectivity index (χ0n) is 15.9. The van der Waals surface area contributed by atoms with Crippen molar-refractivity contribution in [1.82, 2.24) is 20.3 Å². The summed E-state index contributed by atoms with van der Waals surface area (Å²) < 4.78 is 16.0. The molecule has 146 valence electrons. The van der Waals surface area contributed by atoms with Gasteiger partial charge < -0.3 is 5.32 Å². The van der Waals surface area contributed by atoms with E-state index in [0.717, 1.165) is 11.3 Å². The van der Waals surface area contributed by atoms with Gasteiger partial charge in [-0.25, -0.2) is 14.2 Å². The van der Waals surface area contributed by atoms with Crippen molar-refractivity contribution in [3.63, 3.8) is 0 Å². The summed E-state index contributed by atoms with van der Waals surface area (Å²) in [5, 5.41) is 5.63. The number of nitrogens with one attached hydrogen (secondary N) is 2. The Balaban J connectivity index is 1.92. The molecular weight excluding hydrogens is 389 g/mol. The zero-order valence-corrected chi connectivity index (χ0v) is 16.7. The zero-order chi connectivity index (χ0) is 20.4. The number of aryl methyl sites for hydroxylation is 1. The van der Waals surface area contributed by atoms with Gasteiger partial charge in [-0.05, 0) is 38.1 Å². The minimum atomic E-state index is -0.453. The highest BCUT2D eigenvalue weighted by atomic mass is 32.1. The number of rotatable bonds is 4. The fourth-order valence-corrected chi connectivity index (χ4v) is 3.94. The van der Waals surface area contributed by atoms with Crippen molar-refractivity contribution in [2.75, 3.05) is 11.9 Å². The standard InChI is InChI=1S/C21H18FN5OS/c1-3-23-20(28)27-21-26-18-17(22)14(13-8-7-12(2)25-11-13)10-15(19(18)29-21)16-6-4-5-9-24-16/h4-11H,3H2,1-2H3,(H2,23,26,27,28). The first kappa shape index (κ1) is 18.9. The van der Waals surface area contributed by atoms with Crippen LogP contribution < -0.4 is 10.6 Å². The van der Waals surface area contributed by atoms with Crippen LogP contribution in [0, 0.1) is 12.7 Å². The number of hydrogen-bond donors (Lipinski definition) is 2. The molecule has 0 aliphatic rings. The van der Waals surface area contributed by atoms with E-state index in [0.29, 0.717) is 33.2 Å². The average molecular weight is 407 g/mol. The van der Waals surface area contributed by atoms with Gasteiger partial charge in [0, 0.05) is 41.3 Å². The summed E-state index contributed by atoms with van der Waals surface area (Å²) in [5.74, 6) is -0.453. The van der Waals surface area contributed by atoms with Crippen LogP contribution in [0.1, 0.15) is 12.6 Å². The average Bonchev–Trinajstić information content (AvgIpc) is 3.14. The lowest BCUT2D eigenvalue weighted by molar-refractivity contribution is 0.252. The molecule has 4 aromatic rings. The van der Waals surface area contributed by atoms with Crippen LogP contribution in [0.4, 0.5) is 14.3 Å². The second-order valence-electron chi connectivity index (χ2n) is 6.37. The fourth-order valence-electron chi connectivity index (χ4n) is 2.96. The van der Waals surface area contributed by atoms with Gasteiger partial charge in [-0.1, -0.05) is 23.5 Å². The normalized spacial score (nSPS) is 10.9. The summed E-state index contributed by atoms with van der Waals surface area (Å²) in [6, 6.07) is 10.6. The predicted octanol–water partition coefficient (Wildman–Crippen LogP) is 5.01. The lowest BCUT2D eigenvalue weighted by atomic mass is 10.0. The maximum absolute atomic E-state index is 15.4. The van der Waals surface area contributed by atoms with E-state index in [9.17, 15) is 4.79 Å². The van der Waals surface area contributed by atoms with Crippen molar-refractivity contribution >= 4 is 32.7 Å². The third-order valence-electron chi connectivity index (χ3n) is 4.33. The van der Waals surface area contributed by atoms with Gasteiger partial charge in [-0.15, -0.1) is 0 Å². The molecule has 0 bridgehead atoms. The molecule has 3 heterocycles. The highest BCUT2D eigenvalue weighted by Gasteiger charge is 2.20. The Hall–Kier alpha value is -3.39. The summed E-state index contributed by atoms with van der Waals surface area (Å²) in [4.78, 5) is 24.9. The molecule has 3 aromatic heterocycles. The van der Waals surface area contributed by atoms with Crippen LogP contribution in [-0.4, -0.2) is 27.5 Å². The highest BCUT2D eigenvalue weighted by Crippen LogP contribution is 2.40. The summed E-state index contributed by atoms with van der Waals surface area (Å²) in [6.07, 6.45) is 3.33. The van der Waals surface area contributed by atoms with Gasteiger partial charge in [0.15, 0.2) is 10.9 Å². The summed E-state index contributed by atoms with van der Waals surface area (Å²) in [7, 11) is 0. The van der Waals surface area contributed by atoms with Crippen LogP contribution in [0.2, 0.25) is 0 Å². The fraction of sp³-hybridized carbons (Fsp3) is 0.143. The Labute approximate surface area is 170 Å². The molecule has 2 amide bonds. The SMILES string of the molecule is CCNC(=O)Nc1nc2c(F)c(-c3ccc(C)nc3)cc(-c3ccccn3)c2s1. The molecule has 0 saturated heterocycles. The molecule has 6 nitrogen and oxygen atoms in total. The molecular formula is C21H18FN5OS. The van der Waals surface area contributed by atoms with Crippen molar-refractivity contribution < 1.29 is 9.18 Å². The molecule has 0 aliphatic carbocycles. The largest absolute Gasteiger partial charge is 0.338 e. The van der Waals surface area contributed by atoms with Crippen molar-refractivity contribution in [2.45, 2.75) is 13.8 Å². The second-order valence-corrected chi connectivity index (χ2v) is 7.37. The number of carbonyl (C=O) groups excluding carboxylic acids is 1. The Morgan fingerprint density at radius 1 is 1.17 bits per heavy atom. The van der Waals surface area contributed by atoms with Crippen LogP contribution in [0.15, 0.2) is 48.8 Å². The van der Waals surface area contributed by atoms with Crippen LogP contribution in [0.3, 0.4) is 0 Å². The van der Waals surface area contributed by atoms with Gasteiger partial charge in [0.05, 0.1) is 10.4 Å². The maximum Gasteiger partial charge on any atom is 0.321 e. The first-order valence-corrected chi connectivity index (χ1v) is 9.90. The van der Waals surface area contributed by atoms with Crippen molar-refractivity contribution in [3.05, 3.63) is 60.3 Å². The van der Waals surface area contributed by atoms with Crippen molar-refractivity contribution in [2.24, 2.45) is 0 Å². The lowest BCUT2D eigenvalue weighted by Gasteiger charge is -2.09. The predicted molar refractivity (Wildman–Crippen MR) is 113 cm³/mol. The molecule has 1 aromatic carbocycles. The third-order valence-corrected chi connectivity index (χ3v) is 5.33. The van der Waals surface area contributed by atoms with Gasteiger partial charge in [0.2, 0.25) is 0 Å². The molecule has 0 atom stereocenters. The van der Waals surface area contributed by atoms with Crippen molar-refractivity contribution in [3.8, 4) is 22.4 Å². The molecule has 0 radical (unpaired) electrons. The minimum Gasteiger partial charge on any atom is -0.338 e. The number of amides is 2. The Morgan fingerprint density at radius 2 is 2.03 bits per heavy atom. The number of nitrogens with zero attached hydrogens (tertiary/aromatic N) is 3. The number of benzene rings is 1. The summed E-state index contributed by atoms with van der Waals surface area (Å²) in [6.45, 7) is 4.18. The summed E-state index contributed by atoms with van der Waals surface area (Å²) in [5.41, 5.74) is 3.53. The summed E-state index contributed by atoms with van der Waals surface area (Å²) >= 11 is 1.21. The smallest absolute Gasteiger partial charge is 0.321 e. The van der Waals surface area contributed by atoms with E-state index < -0.39 is 5.82 Å². The van der Waals surface area contributed by atoms with Gasteiger partial charge in [0.1, 0.15) is 5.52 Å². The molecule has 0 spiro atoms. The topological polar surface area (TPSA) is 79.8 Å². The first-order chi connectivity index (χ1) is 14.1. The van der Waals surface area contributed by atoms with E-state index in [-0.39, 0.29) is 11.5 Å². The van der Waals surface area contributed by atoms with E-state index in [1.165, 1.54) is 11.3 Å². The monoisotopic (exact) mass is 407 g/mol. The van der Waals surface area contributed by atoms with E-state index in [4.69, 9.17) is 0 Å². The lowest BCUT2D eigenvalue weighted by Crippen LogP contribution is -2.28. The van der Waals surface area contributed by atoms with Crippen LogP contribution >= 0.6 is 11.3 Å². The Morgan fingerprint density at radius 3 is 2.72 bits per heavy atom. The van der Waals surface area contributed by atoms with Gasteiger partial charge in [0.25, 0.3) is 0 Å². The number of hydrogen-bond acceptors (Lipinski definition) is 5. The minimum absolute atomic E-state index is 0.195. The van der Waals surface area contributed by atoms with Gasteiger partial charge in [-0.3, -0.25) is 15.3 Å². The van der Waals surface area contributed by atoms with Gasteiger partial charge >= 0.3 is 6.03 Å². The Kier molecular flexibility index (Phi) is 5.18. The molecule has 0 aliphatic heterocycles. The van der Waals surface area contributed by atoms with Gasteiger partial charge in [-0.2, -0.15) is 0 Å². The van der Waals surface area contributed by atoms with E-state index in [1.807, 2.05) is 44.2 Å². The number of anilines is 1. The molecule has 0 saturated carbocycles. The molecule has 4 rings (SSSR count).